The van der Waals surface area contributed by atoms with Crippen LogP contribution in [0.2, 0.25) is 0 Å². The van der Waals surface area contributed by atoms with Crippen molar-refractivity contribution in [3.8, 4) is 11.5 Å². The average molecular weight is 338 g/mol. The van der Waals surface area contributed by atoms with Gasteiger partial charge >= 0.3 is 11.6 Å². The van der Waals surface area contributed by atoms with Crippen molar-refractivity contribution in [1.82, 2.24) is 0 Å². The summed E-state index contributed by atoms with van der Waals surface area (Å²) in [4.78, 5) is 23.4. The maximum atomic E-state index is 12.5. The fourth-order valence-corrected chi connectivity index (χ4v) is 3.34. The molecule has 0 saturated carbocycles. The van der Waals surface area contributed by atoms with E-state index in [9.17, 15) is 14.7 Å². The minimum atomic E-state index is -0.665. The zero-order valence-corrected chi connectivity index (χ0v) is 14.0. The van der Waals surface area contributed by atoms with Crippen LogP contribution in [0, 0.1) is 0 Å². The number of rotatable bonds is 6. The highest BCUT2D eigenvalue weighted by atomic mass is 32.2. The van der Waals surface area contributed by atoms with Crippen LogP contribution in [0.1, 0.15) is 13.3 Å². The van der Waals surface area contributed by atoms with E-state index >= 15 is 0 Å². The van der Waals surface area contributed by atoms with Crippen molar-refractivity contribution in [2.24, 2.45) is 0 Å². The zero-order valence-electron chi connectivity index (χ0n) is 13.2. The first-order chi connectivity index (χ1) is 11.0. The van der Waals surface area contributed by atoms with Gasteiger partial charge in [0.2, 0.25) is 4.90 Å². The van der Waals surface area contributed by atoms with Gasteiger partial charge in [-0.25, -0.2) is 4.79 Å². The van der Waals surface area contributed by atoms with Crippen molar-refractivity contribution >= 4 is 27.8 Å². The predicted octanol–water partition coefficient (Wildman–Crippen LogP) is 1.44. The number of hydrogen-bond acceptors (Lipinski definition) is 6. The second-order valence-corrected chi connectivity index (χ2v) is 6.92. The lowest BCUT2D eigenvalue weighted by atomic mass is 10.2. The summed E-state index contributed by atoms with van der Waals surface area (Å²) in [6, 6.07) is 4.74. The lowest BCUT2D eigenvalue weighted by Gasteiger charge is -2.14. The minimum Gasteiger partial charge on any atom is -0.868 e. The molecule has 1 aromatic carbocycles. The fourth-order valence-electron chi connectivity index (χ4n) is 2.05. The number of benzene rings is 1. The molecule has 0 radical (unpaired) electrons. The van der Waals surface area contributed by atoms with Crippen molar-refractivity contribution in [1.29, 1.82) is 0 Å². The van der Waals surface area contributed by atoms with Crippen LogP contribution in [0.25, 0.3) is 11.0 Å². The molecule has 1 aromatic heterocycles. The first-order valence-electron chi connectivity index (χ1n) is 7.08. The summed E-state index contributed by atoms with van der Waals surface area (Å²) in [7, 11) is 0.828. The highest BCUT2D eigenvalue weighted by molar-refractivity contribution is 7.96. The van der Waals surface area contributed by atoms with Gasteiger partial charge in [-0.1, -0.05) is 6.92 Å². The van der Waals surface area contributed by atoms with E-state index in [0.29, 0.717) is 23.3 Å². The summed E-state index contributed by atoms with van der Waals surface area (Å²) in [5.41, 5.74) is -0.444. The third-order valence-corrected chi connectivity index (χ3v) is 5.15. The third kappa shape index (κ3) is 3.79. The van der Waals surface area contributed by atoms with Crippen LogP contribution in [0.4, 0.5) is 0 Å². The Balaban J connectivity index is 2.30. The van der Waals surface area contributed by atoms with Crippen LogP contribution in [0.3, 0.4) is 0 Å². The topological polar surface area (TPSA) is 88.8 Å². The predicted molar refractivity (Wildman–Crippen MR) is 86.2 cm³/mol. The molecule has 0 amide bonds. The van der Waals surface area contributed by atoms with E-state index in [-0.39, 0.29) is 28.8 Å². The molecule has 0 aliphatic carbocycles. The van der Waals surface area contributed by atoms with Crippen LogP contribution >= 0.6 is 0 Å². The van der Waals surface area contributed by atoms with Crippen molar-refractivity contribution in [2.45, 2.75) is 18.2 Å². The number of methoxy groups -OCH3 is 1. The van der Waals surface area contributed by atoms with Crippen molar-refractivity contribution < 1.29 is 23.8 Å². The number of fused-ring (bicyclic) bond motifs is 1. The van der Waals surface area contributed by atoms with E-state index in [1.807, 2.05) is 0 Å². The Hall–Kier alpha value is -2.15. The molecule has 0 aliphatic heterocycles. The van der Waals surface area contributed by atoms with Crippen LogP contribution < -0.4 is 15.5 Å². The molecule has 0 spiro atoms. The molecule has 1 unspecified atom stereocenters. The van der Waals surface area contributed by atoms with Gasteiger partial charge < -0.3 is 19.0 Å². The molecule has 2 rings (SSSR count). The van der Waals surface area contributed by atoms with E-state index in [1.165, 1.54) is 13.2 Å². The van der Waals surface area contributed by atoms with E-state index in [4.69, 9.17) is 13.9 Å². The maximum Gasteiger partial charge on any atom is 0.391 e. The Morgan fingerprint density at radius 3 is 2.78 bits per heavy atom. The molecular weight excluding hydrogens is 320 g/mol. The minimum absolute atomic E-state index is 0.107. The Kier molecular flexibility index (Phi) is 5.54. The molecule has 0 bridgehead atoms. The monoisotopic (exact) mass is 338 g/mol. The van der Waals surface area contributed by atoms with Crippen molar-refractivity contribution in [3.63, 3.8) is 0 Å². The molecule has 2 aromatic rings. The van der Waals surface area contributed by atoms with Crippen LogP contribution in [-0.4, -0.2) is 31.7 Å². The molecule has 23 heavy (non-hydrogen) atoms. The zero-order chi connectivity index (χ0) is 17.0. The van der Waals surface area contributed by atoms with Crippen LogP contribution in [0.15, 0.2) is 32.3 Å². The molecule has 6 nitrogen and oxygen atoms in total. The molecule has 0 N–H and O–H groups in total. The van der Waals surface area contributed by atoms with Gasteiger partial charge in [0.15, 0.2) is 0 Å². The van der Waals surface area contributed by atoms with Gasteiger partial charge in [0.05, 0.1) is 7.11 Å². The summed E-state index contributed by atoms with van der Waals surface area (Å²) in [6.07, 6.45) is 2.06. The van der Waals surface area contributed by atoms with Crippen molar-refractivity contribution in [3.05, 3.63) is 28.6 Å². The first kappa shape index (κ1) is 17.2. The number of carbonyl (C=O) groups is 1. The Morgan fingerprint density at radius 2 is 2.13 bits per heavy atom. The summed E-state index contributed by atoms with van der Waals surface area (Å²) in [6.45, 7) is 1.88. The van der Waals surface area contributed by atoms with E-state index < -0.39 is 16.5 Å². The molecule has 0 saturated heterocycles. The van der Waals surface area contributed by atoms with Crippen LogP contribution in [0.5, 0.6) is 11.5 Å². The van der Waals surface area contributed by atoms with Gasteiger partial charge in [0, 0.05) is 28.8 Å². The second kappa shape index (κ2) is 7.41. The number of carbonyl (C=O) groups excluding carboxylic acids is 1. The van der Waals surface area contributed by atoms with E-state index in [0.717, 1.165) is 0 Å². The molecule has 0 aliphatic rings. The third-order valence-electron chi connectivity index (χ3n) is 3.32. The molecule has 7 heteroatoms. The van der Waals surface area contributed by atoms with Gasteiger partial charge in [-0.15, -0.1) is 0 Å². The quantitative estimate of drug-likeness (QED) is 0.450. The Morgan fingerprint density at radius 1 is 1.39 bits per heavy atom. The highest BCUT2D eigenvalue weighted by Gasteiger charge is 2.24. The molecule has 1 heterocycles. The summed E-state index contributed by atoms with van der Waals surface area (Å²) < 4.78 is 15.3. The van der Waals surface area contributed by atoms with Crippen LogP contribution in [-0.2, 0) is 20.4 Å². The van der Waals surface area contributed by atoms with Gasteiger partial charge in [0.25, 0.3) is 0 Å². The Labute approximate surface area is 136 Å². The standard InChI is InChI=1S/C16H18O6S/c1-4-13(17)21-7-8-23(3)15-14(18)11-6-5-10(20-2)9-12(11)22-16(15)19/h5-6,9H,4,7-8H2,1-3H3. The maximum absolute atomic E-state index is 12.5. The number of hydrogen-bond donors (Lipinski definition) is 0. The largest absolute Gasteiger partial charge is 0.868 e. The van der Waals surface area contributed by atoms with E-state index in [2.05, 4.69) is 0 Å². The average Bonchev–Trinajstić information content (AvgIpc) is 2.53. The van der Waals surface area contributed by atoms with Crippen molar-refractivity contribution in [2.75, 3.05) is 25.7 Å². The molecule has 124 valence electrons. The molecule has 0 fully saturated rings. The molecule has 1 atom stereocenters. The first-order valence-corrected chi connectivity index (χ1v) is 8.88. The summed E-state index contributed by atoms with van der Waals surface area (Å²) in [5.74, 6) is 0.274. The summed E-state index contributed by atoms with van der Waals surface area (Å²) >= 11 is 0. The molecular formula is C16H18O6S. The van der Waals surface area contributed by atoms with E-state index in [1.54, 1.807) is 25.3 Å². The van der Waals surface area contributed by atoms with Gasteiger partial charge in [-0.05, 0) is 17.9 Å². The fraction of sp³-hybridized carbons (Fsp3) is 0.375. The number of esters is 1. The van der Waals surface area contributed by atoms with Gasteiger partial charge in [-0.3, -0.25) is 4.79 Å². The lowest BCUT2D eigenvalue weighted by Crippen LogP contribution is -2.22. The van der Waals surface area contributed by atoms with Gasteiger partial charge in [0.1, 0.15) is 29.9 Å². The van der Waals surface area contributed by atoms with Gasteiger partial charge in [-0.2, -0.15) is 0 Å². The highest BCUT2D eigenvalue weighted by Crippen LogP contribution is 2.29. The lowest BCUT2D eigenvalue weighted by molar-refractivity contribution is -0.270. The summed E-state index contributed by atoms with van der Waals surface area (Å²) in [5, 5.41) is 12.9. The number of ether oxygens (including phenoxy) is 2. The SMILES string of the molecule is CCC(=O)OCC[S+](C)c1c([O-])c2ccc(OC)cc2oc1=O. The normalized spacial score (nSPS) is 12.1. The Bertz CT molecular complexity index is 767. The smallest absolute Gasteiger partial charge is 0.391 e. The second-order valence-electron chi connectivity index (χ2n) is 4.83.